The van der Waals surface area contributed by atoms with E-state index in [0.29, 0.717) is 46.3 Å². The fourth-order valence-corrected chi connectivity index (χ4v) is 5.53. The maximum Gasteiger partial charge on any atom is 0.406 e. The average molecular weight is 452 g/mol. The first-order chi connectivity index (χ1) is 14.6. The van der Waals surface area contributed by atoms with E-state index in [9.17, 15) is 26.7 Å². The SMILES string of the molecule is O=S1(=O)CCC(Nc2cccc3c2cc(-c2ccc(CO)cc2)n3CC(F)(F)F)CC1. The summed E-state index contributed by atoms with van der Waals surface area (Å²) in [6.45, 7) is -1.27. The fourth-order valence-electron chi connectivity index (χ4n) is 4.03. The van der Waals surface area contributed by atoms with Crippen LogP contribution in [-0.2, 0) is 23.0 Å². The number of nitrogens with zero attached hydrogens (tertiary/aromatic N) is 1. The number of aliphatic hydroxyl groups is 1. The van der Waals surface area contributed by atoms with Crippen LogP contribution in [0.1, 0.15) is 18.4 Å². The number of alkyl halides is 3. The zero-order valence-corrected chi connectivity index (χ0v) is 17.5. The lowest BCUT2D eigenvalue weighted by molar-refractivity contribution is -0.139. The Bertz CT molecular complexity index is 1170. The normalized spacial score (nSPS) is 17.2. The molecule has 2 aromatic carbocycles. The zero-order chi connectivity index (χ0) is 22.2. The molecule has 0 bridgehead atoms. The van der Waals surface area contributed by atoms with E-state index in [0.717, 1.165) is 0 Å². The lowest BCUT2D eigenvalue weighted by atomic mass is 10.1. The van der Waals surface area contributed by atoms with Crippen LogP contribution in [0.5, 0.6) is 0 Å². The molecule has 0 unspecified atom stereocenters. The van der Waals surface area contributed by atoms with Crippen LogP contribution in [0.2, 0.25) is 0 Å². The van der Waals surface area contributed by atoms with Crippen LogP contribution in [0.25, 0.3) is 22.2 Å². The summed E-state index contributed by atoms with van der Waals surface area (Å²) >= 11 is 0. The van der Waals surface area contributed by atoms with Gasteiger partial charge in [-0.15, -0.1) is 0 Å². The zero-order valence-electron chi connectivity index (χ0n) is 16.7. The van der Waals surface area contributed by atoms with Crippen molar-refractivity contribution in [3.63, 3.8) is 0 Å². The molecular weight excluding hydrogens is 429 g/mol. The maximum atomic E-state index is 13.4. The Morgan fingerprint density at radius 3 is 2.35 bits per heavy atom. The molecule has 0 atom stereocenters. The van der Waals surface area contributed by atoms with E-state index in [1.54, 1.807) is 42.5 Å². The Balaban J connectivity index is 1.76. The molecule has 1 fully saturated rings. The monoisotopic (exact) mass is 452 g/mol. The summed E-state index contributed by atoms with van der Waals surface area (Å²) in [6, 6.07) is 13.6. The largest absolute Gasteiger partial charge is 0.406 e. The van der Waals surface area contributed by atoms with Gasteiger partial charge in [-0.3, -0.25) is 0 Å². The van der Waals surface area contributed by atoms with Crippen LogP contribution in [0.3, 0.4) is 0 Å². The third-order valence-corrected chi connectivity index (χ3v) is 7.35. The quantitative estimate of drug-likeness (QED) is 0.604. The van der Waals surface area contributed by atoms with Crippen molar-refractivity contribution in [2.45, 2.75) is 38.2 Å². The molecule has 1 aliphatic heterocycles. The number of aromatic nitrogens is 1. The van der Waals surface area contributed by atoms with Crippen molar-refractivity contribution in [1.82, 2.24) is 4.57 Å². The molecule has 3 aromatic rings. The van der Waals surface area contributed by atoms with Crippen LogP contribution in [0.4, 0.5) is 18.9 Å². The highest BCUT2D eigenvalue weighted by Gasteiger charge is 2.30. The number of halogens is 3. The smallest absolute Gasteiger partial charge is 0.392 e. The molecule has 166 valence electrons. The number of rotatable bonds is 5. The van der Waals surface area contributed by atoms with Crippen molar-refractivity contribution < 1.29 is 26.7 Å². The molecule has 1 aliphatic rings. The topological polar surface area (TPSA) is 71.3 Å². The Morgan fingerprint density at radius 2 is 1.74 bits per heavy atom. The highest BCUT2D eigenvalue weighted by atomic mass is 32.2. The van der Waals surface area contributed by atoms with Crippen molar-refractivity contribution in [3.05, 3.63) is 54.1 Å². The summed E-state index contributed by atoms with van der Waals surface area (Å²) in [4.78, 5) is 0. The van der Waals surface area contributed by atoms with Crippen LogP contribution in [0.15, 0.2) is 48.5 Å². The van der Waals surface area contributed by atoms with Gasteiger partial charge in [0.25, 0.3) is 0 Å². The summed E-state index contributed by atoms with van der Waals surface area (Å²) in [7, 11) is -3.00. The first kappa shape index (κ1) is 21.7. The third-order valence-electron chi connectivity index (χ3n) is 5.63. The molecule has 0 amide bonds. The van der Waals surface area contributed by atoms with E-state index < -0.39 is 22.6 Å². The molecule has 1 aromatic heterocycles. The van der Waals surface area contributed by atoms with Crippen molar-refractivity contribution in [2.75, 3.05) is 16.8 Å². The second-order valence-electron chi connectivity index (χ2n) is 7.89. The van der Waals surface area contributed by atoms with Gasteiger partial charge >= 0.3 is 6.18 Å². The van der Waals surface area contributed by atoms with Gasteiger partial charge in [0.15, 0.2) is 0 Å². The van der Waals surface area contributed by atoms with E-state index in [4.69, 9.17) is 0 Å². The molecular formula is C22H23F3N2O3S. The van der Waals surface area contributed by atoms with Crippen molar-refractivity contribution >= 4 is 26.4 Å². The van der Waals surface area contributed by atoms with Gasteiger partial charge in [-0.05, 0) is 42.2 Å². The Kier molecular flexibility index (Phi) is 5.74. The van der Waals surface area contributed by atoms with Crippen molar-refractivity contribution in [3.8, 4) is 11.3 Å². The molecule has 4 rings (SSSR count). The van der Waals surface area contributed by atoms with Crippen molar-refractivity contribution in [1.29, 1.82) is 0 Å². The van der Waals surface area contributed by atoms with Crippen LogP contribution in [-0.4, -0.2) is 41.8 Å². The Labute approximate surface area is 178 Å². The number of benzene rings is 2. The molecule has 9 heteroatoms. The van der Waals surface area contributed by atoms with Gasteiger partial charge in [-0.1, -0.05) is 30.3 Å². The van der Waals surface area contributed by atoms with Crippen LogP contribution >= 0.6 is 0 Å². The van der Waals surface area contributed by atoms with Gasteiger partial charge in [-0.2, -0.15) is 13.2 Å². The molecule has 5 nitrogen and oxygen atoms in total. The first-order valence-electron chi connectivity index (χ1n) is 10.0. The highest BCUT2D eigenvalue weighted by Crippen LogP contribution is 2.35. The summed E-state index contributed by atoms with van der Waals surface area (Å²) in [6.07, 6.45) is -3.46. The molecule has 2 N–H and O–H groups in total. The Morgan fingerprint density at radius 1 is 1.06 bits per heavy atom. The highest BCUT2D eigenvalue weighted by molar-refractivity contribution is 7.91. The molecule has 0 aliphatic carbocycles. The lowest BCUT2D eigenvalue weighted by Crippen LogP contribution is -2.32. The molecule has 0 spiro atoms. The van der Waals surface area contributed by atoms with E-state index in [2.05, 4.69) is 5.32 Å². The van der Waals surface area contributed by atoms with Gasteiger partial charge in [0.1, 0.15) is 16.4 Å². The molecule has 2 heterocycles. The number of sulfone groups is 1. The molecule has 1 saturated heterocycles. The van der Waals surface area contributed by atoms with E-state index >= 15 is 0 Å². The van der Waals surface area contributed by atoms with Gasteiger partial charge in [0.05, 0.1) is 23.6 Å². The van der Waals surface area contributed by atoms with Crippen molar-refractivity contribution in [2.24, 2.45) is 0 Å². The number of hydrogen-bond acceptors (Lipinski definition) is 4. The van der Waals surface area contributed by atoms with Gasteiger partial charge in [0, 0.05) is 22.8 Å². The lowest BCUT2D eigenvalue weighted by Gasteiger charge is -2.24. The number of nitrogens with one attached hydrogen (secondary N) is 1. The first-order valence-corrected chi connectivity index (χ1v) is 11.8. The minimum atomic E-state index is -4.40. The van der Waals surface area contributed by atoms with E-state index in [-0.39, 0.29) is 24.2 Å². The minimum Gasteiger partial charge on any atom is -0.392 e. The summed E-state index contributed by atoms with van der Waals surface area (Å²) in [5.41, 5.74) is 2.87. The average Bonchev–Trinajstić information content (AvgIpc) is 3.07. The maximum absolute atomic E-state index is 13.4. The number of anilines is 1. The second kappa shape index (κ2) is 8.20. The number of hydrogen-bond donors (Lipinski definition) is 2. The molecule has 0 radical (unpaired) electrons. The number of aliphatic hydroxyl groups excluding tert-OH is 1. The predicted molar refractivity (Wildman–Crippen MR) is 115 cm³/mol. The third kappa shape index (κ3) is 4.88. The number of fused-ring (bicyclic) bond motifs is 1. The Hall–Kier alpha value is -2.52. The van der Waals surface area contributed by atoms with Gasteiger partial charge < -0.3 is 15.0 Å². The molecule has 0 saturated carbocycles. The summed E-state index contributed by atoms with van der Waals surface area (Å²) in [5.74, 6) is 0.219. The fraction of sp³-hybridized carbons (Fsp3) is 0.364. The van der Waals surface area contributed by atoms with E-state index in [1.807, 2.05) is 6.07 Å². The minimum absolute atomic E-state index is 0.0487. The molecule has 31 heavy (non-hydrogen) atoms. The van der Waals surface area contributed by atoms with Gasteiger partial charge in [0.2, 0.25) is 0 Å². The van der Waals surface area contributed by atoms with Gasteiger partial charge in [-0.25, -0.2) is 8.42 Å². The van der Waals surface area contributed by atoms with Crippen LogP contribution < -0.4 is 5.32 Å². The second-order valence-corrected chi connectivity index (χ2v) is 10.2. The standard InChI is InChI=1S/C22H23F3N2O3S/c23-22(24,25)14-27-20-3-1-2-19(26-17-8-10-31(29,30)11-9-17)18(20)12-21(27)16-6-4-15(13-28)5-7-16/h1-7,12,17,26,28H,8-11,13-14H2. The predicted octanol–water partition coefficient (Wildman–Crippen LogP) is 4.35. The van der Waals surface area contributed by atoms with E-state index in [1.165, 1.54) is 4.57 Å². The summed E-state index contributed by atoms with van der Waals surface area (Å²) < 4.78 is 64.8. The van der Waals surface area contributed by atoms with Crippen LogP contribution in [0, 0.1) is 0 Å². The summed E-state index contributed by atoms with van der Waals surface area (Å²) in [5, 5.41) is 13.2.